The van der Waals surface area contributed by atoms with Crippen molar-refractivity contribution in [2.75, 3.05) is 10.6 Å². The van der Waals surface area contributed by atoms with Crippen LogP contribution >= 0.6 is 0 Å². The Bertz CT molecular complexity index is 675. The number of carbonyl (C=O) groups excluding carboxylic acids is 1. The monoisotopic (exact) mass is 295 g/mol. The van der Waals surface area contributed by atoms with E-state index < -0.39 is 0 Å². The van der Waals surface area contributed by atoms with E-state index in [1.165, 1.54) is 11.1 Å². The number of carbonyl (C=O) groups is 1. The van der Waals surface area contributed by atoms with Crippen molar-refractivity contribution in [3.05, 3.63) is 47.7 Å². The third-order valence-electron chi connectivity index (χ3n) is 4.37. The highest BCUT2D eigenvalue weighted by Gasteiger charge is 2.25. The lowest BCUT2D eigenvalue weighted by molar-refractivity contribution is -0.122. The van der Waals surface area contributed by atoms with Crippen LogP contribution in [0.3, 0.4) is 0 Å². The summed E-state index contributed by atoms with van der Waals surface area (Å²) in [4.78, 5) is 16.3. The molecule has 0 atom stereocenters. The molecule has 114 valence electrons. The number of hydrogen-bond donors (Lipinski definition) is 2. The third-order valence-corrected chi connectivity index (χ3v) is 4.37. The van der Waals surface area contributed by atoms with E-state index in [4.69, 9.17) is 0 Å². The fourth-order valence-electron chi connectivity index (χ4n) is 2.48. The van der Waals surface area contributed by atoms with Crippen molar-refractivity contribution in [1.29, 1.82) is 0 Å². The van der Waals surface area contributed by atoms with Crippen LogP contribution in [0.2, 0.25) is 0 Å². The molecule has 1 fully saturated rings. The van der Waals surface area contributed by atoms with E-state index in [-0.39, 0.29) is 11.8 Å². The second-order valence-corrected chi connectivity index (χ2v) is 5.92. The summed E-state index contributed by atoms with van der Waals surface area (Å²) in [5, 5.41) is 6.24. The normalized spacial score (nSPS) is 14.3. The Hall–Kier alpha value is -2.36. The molecule has 0 unspecified atom stereocenters. The van der Waals surface area contributed by atoms with Gasteiger partial charge in [0.2, 0.25) is 5.91 Å². The number of nitrogens with one attached hydrogen (secondary N) is 2. The number of amides is 1. The fraction of sp³-hybridized carbons (Fsp3) is 0.333. The molecule has 3 rings (SSSR count). The smallest absolute Gasteiger partial charge is 0.227 e. The Morgan fingerprint density at radius 2 is 2.00 bits per heavy atom. The standard InChI is InChI=1S/C18H21N3O/c1-12-5-3-8-16(13(12)2)21-17-10-9-15(11-19-17)20-18(22)14-6-4-7-14/h3,5,8-11,14H,4,6-7H2,1-2H3,(H,19,21)(H,20,22). The number of aromatic nitrogens is 1. The number of benzene rings is 1. The van der Waals surface area contributed by atoms with Gasteiger partial charge in [-0.25, -0.2) is 4.98 Å². The molecule has 4 nitrogen and oxygen atoms in total. The molecular weight excluding hydrogens is 274 g/mol. The van der Waals surface area contributed by atoms with Crippen LogP contribution < -0.4 is 10.6 Å². The Labute approximate surface area is 131 Å². The van der Waals surface area contributed by atoms with E-state index in [9.17, 15) is 4.79 Å². The van der Waals surface area contributed by atoms with Gasteiger partial charge in [0.15, 0.2) is 0 Å². The first-order valence-electron chi connectivity index (χ1n) is 7.73. The third kappa shape index (κ3) is 3.11. The number of anilines is 3. The van der Waals surface area contributed by atoms with Gasteiger partial charge >= 0.3 is 0 Å². The van der Waals surface area contributed by atoms with E-state index in [1.54, 1.807) is 6.20 Å². The van der Waals surface area contributed by atoms with Crippen LogP contribution in [-0.2, 0) is 4.79 Å². The van der Waals surface area contributed by atoms with Crippen molar-refractivity contribution in [2.45, 2.75) is 33.1 Å². The van der Waals surface area contributed by atoms with Gasteiger partial charge in [-0.05, 0) is 56.0 Å². The molecule has 2 aromatic rings. The molecule has 1 aromatic carbocycles. The fourth-order valence-corrected chi connectivity index (χ4v) is 2.48. The highest BCUT2D eigenvalue weighted by Crippen LogP contribution is 2.28. The number of pyridine rings is 1. The second-order valence-electron chi connectivity index (χ2n) is 5.92. The quantitative estimate of drug-likeness (QED) is 0.889. The predicted octanol–water partition coefficient (Wildman–Crippen LogP) is 4.18. The molecule has 1 heterocycles. The first-order valence-corrected chi connectivity index (χ1v) is 7.73. The summed E-state index contributed by atoms with van der Waals surface area (Å²) in [6.07, 6.45) is 4.87. The maximum absolute atomic E-state index is 11.9. The van der Waals surface area contributed by atoms with Crippen molar-refractivity contribution >= 4 is 23.1 Å². The molecule has 1 saturated carbocycles. The second kappa shape index (κ2) is 6.18. The van der Waals surface area contributed by atoms with Crippen LogP contribution in [0.15, 0.2) is 36.5 Å². The highest BCUT2D eigenvalue weighted by atomic mass is 16.1. The number of nitrogens with zero attached hydrogens (tertiary/aromatic N) is 1. The molecule has 1 amide bonds. The summed E-state index contributed by atoms with van der Waals surface area (Å²) in [5.74, 6) is 1.08. The molecule has 0 spiro atoms. The van der Waals surface area contributed by atoms with Crippen molar-refractivity contribution in [1.82, 2.24) is 4.98 Å². The zero-order valence-corrected chi connectivity index (χ0v) is 13.0. The first kappa shape index (κ1) is 14.6. The minimum atomic E-state index is 0.114. The average molecular weight is 295 g/mol. The summed E-state index contributed by atoms with van der Waals surface area (Å²) in [7, 11) is 0. The molecule has 0 radical (unpaired) electrons. The molecule has 0 aliphatic heterocycles. The first-order chi connectivity index (χ1) is 10.6. The van der Waals surface area contributed by atoms with Crippen LogP contribution in [0.1, 0.15) is 30.4 Å². The minimum Gasteiger partial charge on any atom is -0.340 e. The molecule has 4 heteroatoms. The van der Waals surface area contributed by atoms with Crippen LogP contribution in [0.25, 0.3) is 0 Å². The lowest BCUT2D eigenvalue weighted by Crippen LogP contribution is -2.28. The number of rotatable bonds is 4. The van der Waals surface area contributed by atoms with Gasteiger partial charge in [0.1, 0.15) is 5.82 Å². The maximum atomic E-state index is 11.9. The van der Waals surface area contributed by atoms with Crippen molar-refractivity contribution in [2.24, 2.45) is 5.92 Å². The van der Waals surface area contributed by atoms with Crippen LogP contribution in [-0.4, -0.2) is 10.9 Å². The Morgan fingerprint density at radius 1 is 1.18 bits per heavy atom. The van der Waals surface area contributed by atoms with Gasteiger partial charge in [-0.15, -0.1) is 0 Å². The van der Waals surface area contributed by atoms with Crippen molar-refractivity contribution < 1.29 is 4.79 Å². The van der Waals surface area contributed by atoms with Gasteiger partial charge in [0.25, 0.3) is 0 Å². The van der Waals surface area contributed by atoms with Crippen molar-refractivity contribution in [3.8, 4) is 0 Å². The summed E-state index contributed by atoms with van der Waals surface area (Å²) >= 11 is 0. The van der Waals surface area contributed by atoms with Crippen molar-refractivity contribution in [3.63, 3.8) is 0 Å². The van der Waals surface area contributed by atoms with Gasteiger partial charge in [0, 0.05) is 11.6 Å². The molecule has 1 aliphatic rings. The number of aryl methyl sites for hydroxylation is 1. The van der Waals surface area contributed by atoms with Gasteiger partial charge in [-0.3, -0.25) is 4.79 Å². The molecule has 1 aromatic heterocycles. The van der Waals surface area contributed by atoms with Gasteiger partial charge < -0.3 is 10.6 Å². The van der Waals surface area contributed by atoms with E-state index in [0.717, 1.165) is 36.5 Å². The van der Waals surface area contributed by atoms with E-state index in [2.05, 4.69) is 35.5 Å². The van der Waals surface area contributed by atoms with Gasteiger partial charge in [-0.2, -0.15) is 0 Å². The molecule has 0 saturated heterocycles. The molecule has 1 aliphatic carbocycles. The predicted molar refractivity (Wildman–Crippen MR) is 89.4 cm³/mol. The van der Waals surface area contributed by atoms with Gasteiger partial charge in [-0.1, -0.05) is 18.6 Å². The van der Waals surface area contributed by atoms with Crippen LogP contribution in [0.4, 0.5) is 17.2 Å². The van der Waals surface area contributed by atoms with Gasteiger partial charge in [0.05, 0.1) is 11.9 Å². The topological polar surface area (TPSA) is 54.0 Å². The van der Waals surface area contributed by atoms with E-state index >= 15 is 0 Å². The lowest BCUT2D eigenvalue weighted by Gasteiger charge is -2.23. The number of hydrogen-bond acceptors (Lipinski definition) is 3. The molecular formula is C18H21N3O. The Balaban J connectivity index is 1.66. The van der Waals surface area contributed by atoms with E-state index in [0.29, 0.717) is 0 Å². The summed E-state index contributed by atoms with van der Waals surface area (Å²) < 4.78 is 0. The average Bonchev–Trinajstić information content (AvgIpc) is 2.44. The zero-order chi connectivity index (χ0) is 15.5. The van der Waals surface area contributed by atoms with Crippen LogP contribution in [0, 0.1) is 19.8 Å². The maximum Gasteiger partial charge on any atom is 0.227 e. The molecule has 22 heavy (non-hydrogen) atoms. The van der Waals surface area contributed by atoms with E-state index in [1.807, 2.05) is 24.3 Å². The SMILES string of the molecule is Cc1cccc(Nc2ccc(NC(=O)C3CCC3)cn2)c1C. The Morgan fingerprint density at radius 3 is 2.64 bits per heavy atom. The lowest BCUT2D eigenvalue weighted by atomic mass is 9.85. The summed E-state index contributed by atoms with van der Waals surface area (Å²) in [6.45, 7) is 4.18. The largest absolute Gasteiger partial charge is 0.340 e. The van der Waals surface area contributed by atoms with Crippen LogP contribution in [0.5, 0.6) is 0 Å². The highest BCUT2D eigenvalue weighted by molar-refractivity contribution is 5.92. The molecule has 0 bridgehead atoms. The Kier molecular flexibility index (Phi) is 4.09. The minimum absolute atomic E-state index is 0.114. The summed E-state index contributed by atoms with van der Waals surface area (Å²) in [6, 6.07) is 9.93. The zero-order valence-electron chi connectivity index (χ0n) is 13.0. The molecule has 2 N–H and O–H groups in total. The summed E-state index contributed by atoms with van der Waals surface area (Å²) in [5.41, 5.74) is 4.27.